The van der Waals surface area contributed by atoms with Crippen LogP contribution in [0, 0.1) is 0 Å². The minimum Gasteiger partial charge on any atom is -0.504 e. The Balaban J connectivity index is 2.69. The molecule has 0 aliphatic heterocycles. The SMILES string of the molecule is CCOc1cccc(CN(CCCOC)CCOC)c1O. The Hall–Kier alpha value is -1.30. The number of ether oxygens (including phenoxy) is 3. The Bertz CT molecular complexity index is 398. The summed E-state index contributed by atoms with van der Waals surface area (Å²) in [4.78, 5) is 2.24. The Morgan fingerprint density at radius 2 is 1.86 bits per heavy atom. The second kappa shape index (κ2) is 10.4. The fourth-order valence-corrected chi connectivity index (χ4v) is 2.13. The zero-order valence-corrected chi connectivity index (χ0v) is 13.3. The van der Waals surface area contributed by atoms with Crippen LogP contribution in [0.3, 0.4) is 0 Å². The molecule has 0 aliphatic rings. The summed E-state index contributed by atoms with van der Waals surface area (Å²) in [5, 5.41) is 10.3. The van der Waals surface area contributed by atoms with E-state index in [-0.39, 0.29) is 5.75 Å². The van der Waals surface area contributed by atoms with E-state index in [1.165, 1.54) is 0 Å². The van der Waals surface area contributed by atoms with Crippen molar-refractivity contribution in [2.75, 3.05) is 47.1 Å². The molecule has 0 saturated carbocycles. The highest BCUT2D eigenvalue weighted by molar-refractivity contribution is 5.45. The number of methoxy groups -OCH3 is 2. The van der Waals surface area contributed by atoms with E-state index in [0.29, 0.717) is 25.5 Å². The number of phenols is 1. The molecule has 0 spiro atoms. The summed E-state index contributed by atoms with van der Waals surface area (Å²) in [6, 6.07) is 5.62. The lowest BCUT2D eigenvalue weighted by Crippen LogP contribution is -2.28. The quantitative estimate of drug-likeness (QED) is 0.635. The van der Waals surface area contributed by atoms with Crippen LogP contribution in [0.1, 0.15) is 18.9 Å². The molecule has 0 radical (unpaired) electrons. The van der Waals surface area contributed by atoms with Gasteiger partial charge in [0.25, 0.3) is 0 Å². The van der Waals surface area contributed by atoms with Crippen molar-refractivity contribution in [1.82, 2.24) is 4.90 Å². The van der Waals surface area contributed by atoms with E-state index in [9.17, 15) is 5.11 Å². The monoisotopic (exact) mass is 297 g/mol. The van der Waals surface area contributed by atoms with Crippen molar-refractivity contribution in [3.8, 4) is 11.5 Å². The third-order valence-corrected chi connectivity index (χ3v) is 3.21. The number of hydrogen-bond acceptors (Lipinski definition) is 5. The lowest BCUT2D eigenvalue weighted by molar-refractivity contribution is 0.128. The van der Waals surface area contributed by atoms with E-state index in [1.807, 2.05) is 19.1 Å². The first kappa shape index (κ1) is 17.8. The molecule has 21 heavy (non-hydrogen) atoms. The van der Waals surface area contributed by atoms with Gasteiger partial charge in [-0.2, -0.15) is 0 Å². The molecule has 0 unspecified atom stereocenters. The van der Waals surface area contributed by atoms with Gasteiger partial charge in [0.2, 0.25) is 0 Å². The van der Waals surface area contributed by atoms with Crippen molar-refractivity contribution in [2.45, 2.75) is 19.9 Å². The fraction of sp³-hybridized carbons (Fsp3) is 0.625. The first-order valence-electron chi connectivity index (χ1n) is 7.36. The van der Waals surface area contributed by atoms with Crippen LogP contribution in [0.25, 0.3) is 0 Å². The van der Waals surface area contributed by atoms with Crippen molar-refractivity contribution in [2.24, 2.45) is 0 Å². The molecule has 0 bridgehead atoms. The van der Waals surface area contributed by atoms with Gasteiger partial charge in [-0.05, 0) is 19.4 Å². The van der Waals surface area contributed by atoms with Gasteiger partial charge in [0.15, 0.2) is 11.5 Å². The van der Waals surface area contributed by atoms with Crippen LogP contribution in [-0.2, 0) is 16.0 Å². The molecule has 5 heteroatoms. The molecular formula is C16H27NO4. The van der Waals surface area contributed by atoms with Crippen molar-refractivity contribution in [1.29, 1.82) is 0 Å². The van der Waals surface area contributed by atoms with Crippen LogP contribution in [0.15, 0.2) is 18.2 Å². The third-order valence-electron chi connectivity index (χ3n) is 3.21. The Morgan fingerprint density at radius 1 is 1.10 bits per heavy atom. The molecule has 1 aromatic rings. The molecule has 0 heterocycles. The average Bonchev–Trinajstić information content (AvgIpc) is 2.49. The highest BCUT2D eigenvalue weighted by atomic mass is 16.5. The standard InChI is InChI=1S/C16H27NO4/c1-4-21-15-8-5-7-14(16(15)18)13-17(10-12-20-3)9-6-11-19-2/h5,7-8,18H,4,6,9-13H2,1-3H3. The maximum Gasteiger partial charge on any atom is 0.162 e. The maximum absolute atomic E-state index is 10.3. The van der Waals surface area contributed by atoms with Crippen molar-refractivity contribution < 1.29 is 19.3 Å². The molecule has 120 valence electrons. The summed E-state index contributed by atoms with van der Waals surface area (Å²) >= 11 is 0. The fourth-order valence-electron chi connectivity index (χ4n) is 2.13. The first-order chi connectivity index (χ1) is 10.2. The summed E-state index contributed by atoms with van der Waals surface area (Å²) in [5.41, 5.74) is 0.870. The normalized spacial score (nSPS) is 11.0. The molecule has 1 aromatic carbocycles. The van der Waals surface area contributed by atoms with Gasteiger partial charge >= 0.3 is 0 Å². The Labute approximate surface area is 127 Å². The Morgan fingerprint density at radius 3 is 2.52 bits per heavy atom. The number of para-hydroxylation sites is 1. The molecule has 5 nitrogen and oxygen atoms in total. The summed E-state index contributed by atoms with van der Waals surface area (Å²) in [5.74, 6) is 0.770. The summed E-state index contributed by atoms with van der Waals surface area (Å²) < 4.78 is 15.7. The van der Waals surface area contributed by atoms with Gasteiger partial charge in [-0.3, -0.25) is 4.90 Å². The number of phenolic OH excluding ortho intramolecular Hbond substituents is 1. The van der Waals surface area contributed by atoms with Crippen molar-refractivity contribution in [3.63, 3.8) is 0 Å². The molecule has 1 rings (SSSR count). The van der Waals surface area contributed by atoms with Crippen LogP contribution >= 0.6 is 0 Å². The van der Waals surface area contributed by atoms with Crippen LogP contribution in [0.5, 0.6) is 11.5 Å². The van der Waals surface area contributed by atoms with Crippen LogP contribution in [0.2, 0.25) is 0 Å². The van der Waals surface area contributed by atoms with Crippen LogP contribution in [-0.4, -0.2) is 57.1 Å². The smallest absolute Gasteiger partial charge is 0.162 e. The van der Waals surface area contributed by atoms with Gasteiger partial charge in [0.1, 0.15) is 0 Å². The minimum atomic E-state index is 0.230. The molecule has 0 atom stereocenters. The number of hydrogen-bond donors (Lipinski definition) is 1. The topological polar surface area (TPSA) is 51.2 Å². The largest absolute Gasteiger partial charge is 0.504 e. The predicted octanol–water partition coefficient (Wildman–Crippen LogP) is 2.28. The number of rotatable bonds is 11. The molecule has 0 saturated heterocycles. The van der Waals surface area contributed by atoms with E-state index in [0.717, 1.165) is 31.7 Å². The molecule has 0 aromatic heterocycles. The van der Waals surface area contributed by atoms with Crippen LogP contribution in [0.4, 0.5) is 0 Å². The predicted molar refractivity (Wildman–Crippen MR) is 82.9 cm³/mol. The van der Waals surface area contributed by atoms with Crippen molar-refractivity contribution >= 4 is 0 Å². The lowest BCUT2D eigenvalue weighted by Gasteiger charge is -2.22. The third kappa shape index (κ3) is 6.33. The Kier molecular flexibility index (Phi) is 8.82. The molecular weight excluding hydrogens is 270 g/mol. The zero-order chi connectivity index (χ0) is 15.5. The maximum atomic E-state index is 10.3. The lowest BCUT2D eigenvalue weighted by atomic mass is 10.1. The molecule has 1 N–H and O–H groups in total. The van der Waals surface area contributed by atoms with E-state index in [4.69, 9.17) is 14.2 Å². The average molecular weight is 297 g/mol. The van der Waals surface area contributed by atoms with Gasteiger partial charge in [-0.1, -0.05) is 12.1 Å². The van der Waals surface area contributed by atoms with Gasteiger partial charge in [0.05, 0.1) is 13.2 Å². The number of aromatic hydroxyl groups is 1. The van der Waals surface area contributed by atoms with Gasteiger partial charge in [-0.25, -0.2) is 0 Å². The van der Waals surface area contributed by atoms with E-state index in [1.54, 1.807) is 20.3 Å². The molecule has 0 aliphatic carbocycles. The van der Waals surface area contributed by atoms with E-state index in [2.05, 4.69) is 4.90 Å². The summed E-state index contributed by atoms with van der Waals surface area (Å²) in [6.45, 7) is 6.22. The number of nitrogens with zero attached hydrogens (tertiary/aromatic N) is 1. The van der Waals surface area contributed by atoms with Gasteiger partial charge < -0.3 is 19.3 Å². The summed E-state index contributed by atoms with van der Waals surface area (Å²) in [7, 11) is 3.40. The molecule has 0 amide bonds. The highest BCUT2D eigenvalue weighted by Crippen LogP contribution is 2.30. The van der Waals surface area contributed by atoms with Gasteiger partial charge in [0, 0.05) is 46.0 Å². The van der Waals surface area contributed by atoms with E-state index < -0.39 is 0 Å². The summed E-state index contributed by atoms with van der Waals surface area (Å²) in [6.07, 6.45) is 0.951. The number of benzene rings is 1. The zero-order valence-electron chi connectivity index (χ0n) is 13.3. The van der Waals surface area contributed by atoms with E-state index >= 15 is 0 Å². The minimum absolute atomic E-state index is 0.230. The van der Waals surface area contributed by atoms with Crippen molar-refractivity contribution in [3.05, 3.63) is 23.8 Å². The first-order valence-corrected chi connectivity index (χ1v) is 7.36. The van der Waals surface area contributed by atoms with Crippen LogP contribution < -0.4 is 4.74 Å². The second-order valence-electron chi connectivity index (χ2n) is 4.81. The molecule has 0 fully saturated rings. The second-order valence-corrected chi connectivity index (χ2v) is 4.81. The van der Waals surface area contributed by atoms with Gasteiger partial charge in [-0.15, -0.1) is 0 Å². The highest BCUT2D eigenvalue weighted by Gasteiger charge is 2.12.